The molecule has 0 aliphatic carbocycles. The third-order valence-corrected chi connectivity index (χ3v) is 7.71. The van der Waals surface area contributed by atoms with Crippen molar-refractivity contribution in [1.29, 1.82) is 0 Å². The quantitative estimate of drug-likeness (QED) is 0.0325. The fourth-order valence-corrected chi connectivity index (χ4v) is 4.98. The zero-order chi connectivity index (χ0) is 33.3. The molecule has 0 saturated heterocycles. The van der Waals surface area contributed by atoms with Crippen LogP contribution in [0.4, 0.5) is 0 Å². The minimum absolute atomic E-state index is 0.0476. The van der Waals surface area contributed by atoms with Crippen LogP contribution in [0.2, 0.25) is 0 Å². The predicted molar refractivity (Wildman–Crippen MR) is 183 cm³/mol. The van der Waals surface area contributed by atoms with Crippen LogP contribution < -0.4 is 5.73 Å². The topological polar surface area (TPSA) is 134 Å². The van der Waals surface area contributed by atoms with Gasteiger partial charge in [0.25, 0.3) is 0 Å². The highest BCUT2D eigenvalue weighted by Gasteiger charge is 2.25. The first-order valence-corrected chi connectivity index (χ1v) is 18.6. The highest BCUT2D eigenvalue weighted by Crippen LogP contribution is 2.43. The van der Waals surface area contributed by atoms with Gasteiger partial charge in [0.2, 0.25) is 0 Å². The summed E-state index contributed by atoms with van der Waals surface area (Å²) < 4.78 is 32.4. The first-order chi connectivity index (χ1) is 21.8. The summed E-state index contributed by atoms with van der Waals surface area (Å²) in [6.45, 7) is 3.50. The standard InChI is InChI=1S/C35H62NO8P/c1-3-5-7-9-11-12-13-14-15-16-17-18-19-20-22-24-26-28-35(38)44-33(32-43-45(39,40)42-30-29-36)31-41-34(37)27-25-23-21-10-8-6-4-2/h5,7,11-12,14-15,17-18,33H,3-4,6,8-10,13,16,19-32,36H2,1-2H3,(H,39,40)/b7-5-,12-11-,15-14-,18-17-. The Bertz CT molecular complexity index is 887. The lowest BCUT2D eigenvalue weighted by Crippen LogP contribution is -2.29. The molecule has 2 atom stereocenters. The lowest BCUT2D eigenvalue weighted by atomic mass is 10.1. The highest BCUT2D eigenvalue weighted by molar-refractivity contribution is 7.47. The van der Waals surface area contributed by atoms with Crippen LogP contribution >= 0.6 is 7.82 Å². The van der Waals surface area contributed by atoms with E-state index in [4.69, 9.17) is 24.3 Å². The molecule has 0 heterocycles. The molecule has 0 fully saturated rings. The number of hydrogen-bond acceptors (Lipinski definition) is 8. The fraction of sp³-hybridized carbons (Fsp3) is 0.714. The van der Waals surface area contributed by atoms with Crippen molar-refractivity contribution in [3.05, 3.63) is 48.6 Å². The van der Waals surface area contributed by atoms with Crippen LogP contribution in [0.25, 0.3) is 0 Å². The Morgan fingerprint density at radius 2 is 1.22 bits per heavy atom. The average molecular weight is 656 g/mol. The molecule has 0 aliphatic rings. The number of esters is 2. The normalized spacial score (nSPS) is 14.1. The molecule has 260 valence electrons. The van der Waals surface area contributed by atoms with Gasteiger partial charge in [-0.3, -0.25) is 18.6 Å². The molecule has 9 nitrogen and oxygen atoms in total. The van der Waals surface area contributed by atoms with E-state index < -0.39 is 32.5 Å². The largest absolute Gasteiger partial charge is 0.472 e. The van der Waals surface area contributed by atoms with Crippen LogP contribution in [-0.4, -0.2) is 49.3 Å². The molecule has 2 unspecified atom stereocenters. The molecular formula is C35H62NO8P. The average Bonchev–Trinajstić information content (AvgIpc) is 3.02. The van der Waals surface area contributed by atoms with Crippen LogP contribution in [0.1, 0.15) is 129 Å². The van der Waals surface area contributed by atoms with Gasteiger partial charge in [0, 0.05) is 19.4 Å². The zero-order valence-electron chi connectivity index (χ0n) is 28.1. The van der Waals surface area contributed by atoms with Gasteiger partial charge in [-0.05, 0) is 51.4 Å². The Kier molecular flexibility index (Phi) is 30.5. The molecule has 10 heteroatoms. The number of carbonyl (C=O) groups is 2. The molecule has 3 N–H and O–H groups in total. The first kappa shape index (κ1) is 43.0. The minimum atomic E-state index is -4.37. The number of phosphoric acid groups is 1. The molecular weight excluding hydrogens is 593 g/mol. The van der Waals surface area contributed by atoms with Crippen molar-refractivity contribution < 1.29 is 37.6 Å². The maximum absolute atomic E-state index is 12.5. The van der Waals surface area contributed by atoms with E-state index in [1.54, 1.807) is 0 Å². The maximum atomic E-state index is 12.5. The molecule has 0 spiro atoms. The molecule has 0 saturated carbocycles. The highest BCUT2D eigenvalue weighted by atomic mass is 31.2. The van der Waals surface area contributed by atoms with E-state index in [0.29, 0.717) is 6.42 Å². The van der Waals surface area contributed by atoms with Gasteiger partial charge in [0.15, 0.2) is 6.10 Å². The lowest BCUT2D eigenvalue weighted by molar-refractivity contribution is -0.161. The van der Waals surface area contributed by atoms with Gasteiger partial charge < -0.3 is 20.1 Å². The summed E-state index contributed by atoms with van der Waals surface area (Å²) in [5.41, 5.74) is 5.31. The van der Waals surface area contributed by atoms with Gasteiger partial charge in [0.1, 0.15) is 6.61 Å². The molecule has 45 heavy (non-hydrogen) atoms. The van der Waals surface area contributed by atoms with Crippen LogP contribution in [0.15, 0.2) is 48.6 Å². The minimum Gasteiger partial charge on any atom is -0.462 e. The van der Waals surface area contributed by atoms with E-state index in [9.17, 15) is 19.0 Å². The first-order valence-electron chi connectivity index (χ1n) is 17.1. The molecule has 0 aromatic rings. The summed E-state index contributed by atoms with van der Waals surface area (Å²) in [6.07, 6.45) is 33.0. The van der Waals surface area contributed by atoms with Crippen LogP contribution in [-0.2, 0) is 32.7 Å². The number of allylic oxidation sites excluding steroid dienone is 8. The predicted octanol–water partition coefficient (Wildman–Crippen LogP) is 8.82. The molecule has 0 aromatic heterocycles. The second-order valence-corrected chi connectivity index (χ2v) is 12.5. The fourth-order valence-electron chi connectivity index (χ4n) is 4.21. The van der Waals surface area contributed by atoms with Crippen molar-refractivity contribution in [3.63, 3.8) is 0 Å². The summed E-state index contributed by atoms with van der Waals surface area (Å²) in [4.78, 5) is 34.4. The van der Waals surface area contributed by atoms with E-state index >= 15 is 0 Å². The zero-order valence-corrected chi connectivity index (χ0v) is 29.0. The molecule has 0 rings (SSSR count). The molecule has 0 radical (unpaired) electrons. The Labute approximate surface area is 273 Å². The number of carbonyl (C=O) groups excluding carboxylic acids is 2. The van der Waals surface area contributed by atoms with E-state index in [2.05, 4.69) is 62.5 Å². The van der Waals surface area contributed by atoms with Crippen molar-refractivity contribution in [3.8, 4) is 0 Å². The second-order valence-electron chi connectivity index (χ2n) is 11.0. The van der Waals surface area contributed by atoms with E-state index in [1.807, 2.05) is 0 Å². The summed E-state index contributed by atoms with van der Waals surface area (Å²) in [6, 6.07) is 0. The number of nitrogens with two attached hydrogens (primary N) is 1. The maximum Gasteiger partial charge on any atom is 0.472 e. The van der Waals surface area contributed by atoms with Crippen molar-refractivity contribution in [2.75, 3.05) is 26.4 Å². The third-order valence-electron chi connectivity index (χ3n) is 6.73. The summed E-state index contributed by atoms with van der Waals surface area (Å²) >= 11 is 0. The Morgan fingerprint density at radius 1 is 0.689 bits per heavy atom. The van der Waals surface area contributed by atoms with Crippen molar-refractivity contribution in [2.24, 2.45) is 5.73 Å². The smallest absolute Gasteiger partial charge is 0.462 e. The van der Waals surface area contributed by atoms with Crippen LogP contribution in [0.3, 0.4) is 0 Å². The number of ether oxygens (including phenoxy) is 2. The van der Waals surface area contributed by atoms with Gasteiger partial charge in [-0.15, -0.1) is 0 Å². The van der Waals surface area contributed by atoms with E-state index in [-0.39, 0.29) is 32.6 Å². The molecule has 0 amide bonds. The van der Waals surface area contributed by atoms with Crippen LogP contribution in [0.5, 0.6) is 0 Å². The Morgan fingerprint density at radius 3 is 1.82 bits per heavy atom. The monoisotopic (exact) mass is 655 g/mol. The molecule has 0 aromatic carbocycles. The van der Waals surface area contributed by atoms with Crippen LogP contribution in [0, 0.1) is 0 Å². The Balaban J connectivity index is 4.29. The summed E-state index contributed by atoms with van der Waals surface area (Å²) in [5, 5.41) is 0. The van der Waals surface area contributed by atoms with Gasteiger partial charge in [-0.2, -0.15) is 0 Å². The van der Waals surface area contributed by atoms with Gasteiger partial charge in [-0.1, -0.05) is 114 Å². The van der Waals surface area contributed by atoms with Crippen molar-refractivity contribution in [2.45, 2.75) is 136 Å². The molecule has 0 bridgehead atoms. The molecule has 0 aliphatic heterocycles. The van der Waals surface area contributed by atoms with Gasteiger partial charge in [-0.25, -0.2) is 4.57 Å². The van der Waals surface area contributed by atoms with E-state index in [1.165, 1.54) is 19.3 Å². The van der Waals surface area contributed by atoms with Gasteiger partial charge >= 0.3 is 19.8 Å². The van der Waals surface area contributed by atoms with Crippen molar-refractivity contribution in [1.82, 2.24) is 0 Å². The SMILES string of the molecule is CC/C=C\C/C=C\C/C=C\C/C=C\CCCCCCC(=O)OC(COC(=O)CCCCCCCCC)COP(=O)(O)OCCN. The number of phosphoric ester groups is 1. The third kappa shape index (κ3) is 31.7. The second kappa shape index (κ2) is 31.9. The summed E-state index contributed by atoms with van der Waals surface area (Å²) in [5.74, 6) is -0.870. The number of rotatable bonds is 31. The number of unbranched alkanes of at least 4 members (excludes halogenated alkanes) is 10. The lowest BCUT2D eigenvalue weighted by Gasteiger charge is -2.19. The summed E-state index contributed by atoms with van der Waals surface area (Å²) in [7, 11) is -4.37. The Hall–Kier alpha value is -2.03. The van der Waals surface area contributed by atoms with E-state index in [0.717, 1.165) is 77.0 Å². The van der Waals surface area contributed by atoms with Crippen molar-refractivity contribution >= 4 is 19.8 Å². The van der Waals surface area contributed by atoms with Gasteiger partial charge in [0.05, 0.1) is 13.2 Å². The number of hydrogen-bond donors (Lipinski definition) is 2.